The van der Waals surface area contributed by atoms with E-state index in [9.17, 15) is 4.79 Å². The van der Waals surface area contributed by atoms with Gasteiger partial charge in [0.1, 0.15) is 13.2 Å². The topological polar surface area (TPSA) is 89.7 Å². The molecule has 1 N–H and O–H groups in total. The highest BCUT2D eigenvalue weighted by Crippen LogP contribution is 2.42. The van der Waals surface area contributed by atoms with Crippen molar-refractivity contribution in [2.24, 2.45) is 0 Å². The molecule has 2 aliphatic heterocycles. The molecule has 4 rings (SSSR count). The first kappa shape index (κ1) is 18.6. The van der Waals surface area contributed by atoms with Crippen LogP contribution in [0.1, 0.15) is 56.9 Å². The lowest BCUT2D eigenvalue weighted by molar-refractivity contribution is 0.163. The molecule has 2 aliphatic rings. The predicted molar refractivity (Wildman–Crippen MR) is 101 cm³/mol. The third-order valence-corrected chi connectivity index (χ3v) is 4.98. The number of hydrogen-bond acceptors (Lipinski definition) is 6. The third kappa shape index (κ3) is 3.63. The van der Waals surface area contributed by atoms with Gasteiger partial charge in [-0.05, 0) is 18.9 Å². The molecule has 1 fully saturated rings. The summed E-state index contributed by atoms with van der Waals surface area (Å²) in [5.41, 5.74) is 0.781. The fourth-order valence-electron chi connectivity index (χ4n) is 3.58. The lowest BCUT2D eigenvalue weighted by Crippen LogP contribution is -2.39. The molecule has 28 heavy (non-hydrogen) atoms. The van der Waals surface area contributed by atoms with Crippen molar-refractivity contribution in [1.29, 1.82) is 0 Å². The second-order valence-corrected chi connectivity index (χ2v) is 8.15. The van der Waals surface area contributed by atoms with E-state index < -0.39 is 0 Å². The maximum atomic E-state index is 12.8. The molecule has 0 unspecified atom stereocenters. The van der Waals surface area contributed by atoms with Crippen molar-refractivity contribution in [3.8, 4) is 11.5 Å². The van der Waals surface area contributed by atoms with Crippen LogP contribution < -0.4 is 14.8 Å². The summed E-state index contributed by atoms with van der Waals surface area (Å²) in [6.07, 6.45) is 1.84. The number of para-hydroxylation sites is 1. The minimum atomic E-state index is -0.218. The van der Waals surface area contributed by atoms with Crippen LogP contribution in [0.5, 0.6) is 11.5 Å². The maximum Gasteiger partial charge on any atom is 0.318 e. The molecule has 8 nitrogen and oxygen atoms in total. The first-order valence-electron chi connectivity index (χ1n) is 9.69. The zero-order valence-electron chi connectivity index (χ0n) is 16.5. The zero-order valence-corrected chi connectivity index (χ0v) is 16.5. The van der Waals surface area contributed by atoms with Gasteiger partial charge in [0.25, 0.3) is 0 Å². The van der Waals surface area contributed by atoms with Crippen molar-refractivity contribution in [3.63, 3.8) is 0 Å². The number of nitrogens with one attached hydrogen (secondary N) is 1. The van der Waals surface area contributed by atoms with Crippen LogP contribution >= 0.6 is 0 Å². The molecule has 0 saturated carbocycles. The molecule has 1 saturated heterocycles. The van der Waals surface area contributed by atoms with Crippen molar-refractivity contribution in [3.05, 3.63) is 35.5 Å². The van der Waals surface area contributed by atoms with E-state index in [2.05, 4.69) is 15.5 Å². The third-order valence-electron chi connectivity index (χ3n) is 4.98. The zero-order chi connectivity index (χ0) is 19.7. The Kier molecular flexibility index (Phi) is 4.87. The van der Waals surface area contributed by atoms with E-state index in [4.69, 9.17) is 14.0 Å². The number of amides is 2. The molecule has 150 valence electrons. The average molecular weight is 386 g/mol. The molecule has 1 aromatic heterocycles. The Morgan fingerprint density at radius 1 is 1.29 bits per heavy atom. The van der Waals surface area contributed by atoms with Crippen LogP contribution in [0.15, 0.2) is 22.7 Å². The van der Waals surface area contributed by atoms with Crippen LogP contribution in [0, 0.1) is 0 Å². The van der Waals surface area contributed by atoms with Crippen molar-refractivity contribution in [2.75, 3.05) is 19.8 Å². The Balaban J connectivity index is 1.45. The van der Waals surface area contributed by atoms with Crippen LogP contribution in [-0.4, -0.2) is 40.8 Å². The molecule has 1 atom stereocenters. The summed E-state index contributed by atoms with van der Waals surface area (Å²) in [4.78, 5) is 19.0. The van der Waals surface area contributed by atoms with E-state index in [1.165, 1.54) is 0 Å². The second kappa shape index (κ2) is 7.33. The van der Waals surface area contributed by atoms with Crippen LogP contribution in [0.2, 0.25) is 0 Å². The summed E-state index contributed by atoms with van der Waals surface area (Å²) in [5.74, 6) is 2.54. The quantitative estimate of drug-likeness (QED) is 0.871. The lowest BCUT2D eigenvalue weighted by Gasteiger charge is -2.28. The highest BCUT2D eigenvalue weighted by Gasteiger charge is 2.33. The van der Waals surface area contributed by atoms with E-state index in [0.717, 1.165) is 29.9 Å². The summed E-state index contributed by atoms with van der Waals surface area (Å²) in [5, 5.41) is 6.88. The molecular formula is C20H26N4O4. The molecular weight excluding hydrogens is 360 g/mol. The van der Waals surface area contributed by atoms with E-state index in [0.29, 0.717) is 31.5 Å². The molecule has 1 aromatic carbocycles. The lowest BCUT2D eigenvalue weighted by atomic mass is 9.97. The number of ether oxygens (including phenoxy) is 2. The van der Waals surface area contributed by atoms with E-state index in [-0.39, 0.29) is 24.0 Å². The minimum absolute atomic E-state index is 0.0351. The van der Waals surface area contributed by atoms with Crippen LogP contribution in [-0.2, 0) is 12.0 Å². The number of aromatic nitrogens is 2. The number of carbonyl (C=O) groups is 1. The van der Waals surface area contributed by atoms with Gasteiger partial charge in [0.05, 0.1) is 12.6 Å². The van der Waals surface area contributed by atoms with Gasteiger partial charge < -0.3 is 24.2 Å². The summed E-state index contributed by atoms with van der Waals surface area (Å²) >= 11 is 0. The number of urea groups is 1. The molecule has 0 spiro atoms. The summed E-state index contributed by atoms with van der Waals surface area (Å²) in [6, 6.07) is 5.69. The van der Waals surface area contributed by atoms with Gasteiger partial charge in [-0.2, -0.15) is 4.98 Å². The van der Waals surface area contributed by atoms with Crippen LogP contribution in [0.3, 0.4) is 0 Å². The summed E-state index contributed by atoms with van der Waals surface area (Å²) in [7, 11) is 0. The number of benzene rings is 1. The Hall–Kier alpha value is -2.77. The molecule has 0 radical (unpaired) electrons. The maximum absolute atomic E-state index is 12.8. The summed E-state index contributed by atoms with van der Waals surface area (Å²) < 4.78 is 16.8. The fraction of sp³-hybridized carbons (Fsp3) is 0.550. The Labute approximate surface area is 164 Å². The van der Waals surface area contributed by atoms with E-state index in [1.54, 1.807) is 0 Å². The van der Waals surface area contributed by atoms with Crippen molar-refractivity contribution in [1.82, 2.24) is 20.4 Å². The number of fused-ring (bicyclic) bond motifs is 1. The largest absolute Gasteiger partial charge is 0.486 e. The second-order valence-electron chi connectivity index (χ2n) is 8.15. The predicted octanol–water partition coefficient (Wildman–Crippen LogP) is 3.19. The summed E-state index contributed by atoms with van der Waals surface area (Å²) in [6.45, 7) is 8.01. The first-order valence-corrected chi connectivity index (χ1v) is 9.69. The van der Waals surface area contributed by atoms with Gasteiger partial charge in [0.15, 0.2) is 17.3 Å². The van der Waals surface area contributed by atoms with Crippen LogP contribution in [0.4, 0.5) is 4.79 Å². The average Bonchev–Trinajstić information content (AvgIpc) is 3.35. The number of nitrogens with zero attached hydrogens (tertiary/aromatic N) is 3. The van der Waals surface area contributed by atoms with E-state index in [1.807, 2.05) is 43.9 Å². The molecule has 8 heteroatoms. The van der Waals surface area contributed by atoms with Gasteiger partial charge in [0, 0.05) is 17.5 Å². The molecule has 0 bridgehead atoms. The minimum Gasteiger partial charge on any atom is -0.486 e. The normalized spacial score (nSPS) is 19.0. The van der Waals surface area contributed by atoms with Crippen molar-refractivity contribution < 1.29 is 18.8 Å². The SMILES string of the molecule is CC(C)(C)c1nc(CNC(=O)N2CCC[C@H]2c2cccc3c2OCCO3)no1. The van der Waals surface area contributed by atoms with Gasteiger partial charge in [0.2, 0.25) is 5.89 Å². The number of hydrogen-bond donors (Lipinski definition) is 1. The molecule has 2 aromatic rings. The number of likely N-dealkylation sites (tertiary alicyclic amines) is 1. The Morgan fingerprint density at radius 2 is 2.11 bits per heavy atom. The standard InChI is InChI=1S/C20H26N4O4/c1-20(2,3)18-22-16(23-28-18)12-21-19(25)24-9-5-7-14(24)13-6-4-8-15-17(13)27-11-10-26-15/h4,6,8,14H,5,7,9-12H2,1-3H3,(H,21,25)/t14-/m0/s1. The Bertz CT molecular complexity index is 858. The van der Waals surface area contributed by atoms with Gasteiger partial charge in [-0.1, -0.05) is 38.1 Å². The number of rotatable bonds is 3. The van der Waals surface area contributed by atoms with Gasteiger partial charge >= 0.3 is 6.03 Å². The van der Waals surface area contributed by atoms with Gasteiger partial charge in [-0.3, -0.25) is 0 Å². The van der Waals surface area contributed by atoms with Gasteiger partial charge in [-0.25, -0.2) is 4.79 Å². The number of carbonyl (C=O) groups excluding carboxylic acids is 1. The monoisotopic (exact) mass is 386 g/mol. The fourth-order valence-corrected chi connectivity index (χ4v) is 3.58. The van der Waals surface area contributed by atoms with Crippen molar-refractivity contribution in [2.45, 2.75) is 51.6 Å². The molecule has 2 amide bonds. The smallest absolute Gasteiger partial charge is 0.318 e. The molecule has 3 heterocycles. The van der Waals surface area contributed by atoms with Gasteiger partial charge in [-0.15, -0.1) is 0 Å². The Morgan fingerprint density at radius 3 is 2.89 bits per heavy atom. The van der Waals surface area contributed by atoms with Crippen molar-refractivity contribution >= 4 is 6.03 Å². The highest BCUT2D eigenvalue weighted by molar-refractivity contribution is 5.75. The van der Waals surface area contributed by atoms with E-state index >= 15 is 0 Å². The highest BCUT2D eigenvalue weighted by atomic mass is 16.6. The first-order chi connectivity index (χ1) is 13.4. The molecule has 0 aliphatic carbocycles. The van der Waals surface area contributed by atoms with Crippen LogP contribution in [0.25, 0.3) is 0 Å².